The van der Waals surface area contributed by atoms with Gasteiger partial charge in [-0.3, -0.25) is 0 Å². The molecule has 5 spiro atoms. The van der Waals surface area contributed by atoms with Crippen LogP contribution in [-0.2, 0) is 14.2 Å². The van der Waals surface area contributed by atoms with Crippen molar-refractivity contribution in [3.63, 3.8) is 0 Å². The Morgan fingerprint density at radius 3 is 1.60 bits per heavy atom. The first-order chi connectivity index (χ1) is 24.2. The summed E-state index contributed by atoms with van der Waals surface area (Å²) in [7, 11) is 4.43. The molecule has 1 aliphatic carbocycles. The number of ether oxygens (including phenoxy) is 3. The van der Waals surface area contributed by atoms with Gasteiger partial charge in [0.15, 0.2) is 5.79 Å². The number of amides is 1. The van der Waals surface area contributed by atoms with Crippen LogP contribution in [0.2, 0.25) is 0 Å². The normalized spacial score (nSPS) is 32.9. The van der Waals surface area contributed by atoms with E-state index >= 15 is 0 Å². The zero-order valence-corrected chi connectivity index (χ0v) is 32.0. The van der Waals surface area contributed by atoms with Crippen LogP contribution in [0.3, 0.4) is 0 Å². The highest BCUT2D eigenvalue weighted by Crippen LogP contribution is 2.37. The summed E-state index contributed by atoms with van der Waals surface area (Å²) >= 11 is 0. The number of nitrogens with zero attached hydrogens (tertiary/aromatic N) is 3. The van der Waals surface area contributed by atoms with Gasteiger partial charge in [-0.2, -0.15) is 0 Å². The number of carbonyl (C=O) groups is 1. The number of rotatable bonds is 1. The van der Waals surface area contributed by atoms with Crippen LogP contribution in [0.5, 0.6) is 0 Å². The molecular weight excluding hydrogens is 632 g/mol. The highest BCUT2D eigenvalue weighted by atomic mass is 16.7. The van der Waals surface area contributed by atoms with E-state index in [1.165, 1.54) is 130 Å². The van der Waals surface area contributed by atoms with E-state index in [-0.39, 0.29) is 17.5 Å². The predicted octanol–water partition coefficient (Wildman–Crippen LogP) is 2.06. The number of hydrogen-bond acceptors (Lipinski definition) is 11. The van der Waals surface area contributed by atoms with Crippen LogP contribution in [0.15, 0.2) is 0 Å². The van der Waals surface area contributed by atoms with Gasteiger partial charge in [0.25, 0.3) is 0 Å². The molecule has 1 saturated carbocycles. The van der Waals surface area contributed by atoms with E-state index in [2.05, 4.69) is 62.3 Å². The molecule has 10 fully saturated rings. The third-order valence-corrected chi connectivity index (χ3v) is 13.2. The Bertz CT molecular complexity index is 1010. The molecule has 0 bridgehead atoms. The Hall–Kier alpha value is -1.09. The minimum absolute atomic E-state index is 0.127. The van der Waals surface area contributed by atoms with Crippen molar-refractivity contribution in [3.05, 3.63) is 0 Å². The van der Waals surface area contributed by atoms with Gasteiger partial charge < -0.3 is 55.5 Å². The van der Waals surface area contributed by atoms with Gasteiger partial charge in [0.2, 0.25) is 0 Å². The van der Waals surface area contributed by atoms with Crippen LogP contribution in [0.1, 0.15) is 77.6 Å². The second-order valence-electron chi connectivity index (χ2n) is 17.6. The smallest absolute Gasteiger partial charge is 0.407 e. The summed E-state index contributed by atoms with van der Waals surface area (Å²) in [6.07, 6.45) is 13.4. The molecular formula is C38H72N8O4. The lowest BCUT2D eigenvalue weighted by Gasteiger charge is -2.47. The predicted molar refractivity (Wildman–Crippen MR) is 199 cm³/mol. The molecule has 12 nitrogen and oxygen atoms in total. The van der Waals surface area contributed by atoms with Crippen molar-refractivity contribution in [2.24, 2.45) is 16.2 Å². The summed E-state index contributed by atoms with van der Waals surface area (Å²) in [5.41, 5.74) is 1.90. The van der Waals surface area contributed by atoms with Crippen LogP contribution >= 0.6 is 0 Å². The molecule has 9 saturated heterocycles. The minimum atomic E-state index is -0.257. The zero-order valence-electron chi connectivity index (χ0n) is 32.0. The third-order valence-electron chi connectivity index (χ3n) is 13.2. The lowest BCUT2D eigenvalue weighted by atomic mass is 9.79. The van der Waals surface area contributed by atoms with Gasteiger partial charge in [-0.25, -0.2) is 4.79 Å². The number of piperidine rings is 1. The standard InChI is InChI=1S/2C8H16N2.C8H14O2.C7H12N2O2.C7H14N2/c1-10-5-3-8(7-10)2-4-9-6-8;1-2-10-6-8(7-10)3-4-9-5-8;1-2-4-8(5-3-1)9-6-7-10-8;10-6-9-5-7(11-6)1-3-8-4-2-7;1-9-5-7(6-9)2-3-8-4-7/h2*9H,2-7H2,1H3;1-7H2;8H,1-5H2,(H,9,10);8H,2-6H2,1H3. The lowest BCUT2D eigenvalue weighted by Crippen LogP contribution is -2.56. The van der Waals surface area contributed by atoms with Gasteiger partial charge in [-0.1, -0.05) is 13.3 Å². The van der Waals surface area contributed by atoms with Crippen LogP contribution in [-0.4, -0.2) is 164 Å². The topological polar surface area (TPSA) is 115 Å². The van der Waals surface area contributed by atoms with Crippen molar-refractivity contribution in [1.29, 1.82) is 0 Å². The first-order valence-corrected chi connectivity index (χ1v) is 20.4. The fourth-order valence-corrected chi connectivity index (χ4v) is 10.2. The number of alkyl carbamates (subject to hydrolysis) is 1. The van der Waals surface area contributed by atoms with Crippen LogP contribution < -0.4 is 26.6 Å². The Morgan fingerprint density at radius 1 is 0.600 bits per heavy atom. The summed E-state index contributed by atoms with van der Waals surface area (Å²) in [6.45, 7) is 23.2. The van der Waals surface area contributed by atoms with Gasteiger partial charge in [0, 0.05) is 88.9 Å². The van der Waals surface area contributed by atoms with E-state index < -0.39 is 0 Å². The van der Waals surface area contributed by atoms with Crippen LogP contribution in [0.4, 0.5) is 4.79 Å². The summed E-state index contributed by atoms with van der Waals surface area (Å²) in [5, 5.41) is 16.2. The molecule has 10 aliphatic rings. The SMILES string of the molecule is C1CCC2(CC1)OCCO2.CCN1CC2(CCNC2)C1.CN1CC2(CCNC2)C1.CN1CCC2(CCNC2)C1.O=C1NCC2(CCNCC2)O1. The molecule has 0 aromatic carbocycles. The van der Waals surface area contributed by atoms with Gasteiger partial charge in [-0.05, 0) is 104 Å². The summed E-state index contributed by atoms with van der Waals surface area (Å²) < 4.78 is 16.3. The molecule has 1 atom stereocenters. The first kappa shape index (κ1) is 38.6. The molecule has 50 heavy (non-hydrogen) atoms. The summed E-state index contributed by atoms with van der Waals surface area (Å²) in [6, 6.07) is 0. The monoisotopic (exact) mass is 705 g/mol. The second-order valence-corrected chi connectivity index (χ2v) is 17.6. The molecule has 0 aromatic rings. The molecule has 0 radical (unpaired) electrons. The second kappa shape index (κ2) is 17.4. The molecule has 1 unspecified atom stereocenters. The highest BCUT2D eigenvalue weighted by Gasteiger charge is 2.45. The molecule has 10 rings (SSSR count). The maximum absolute atomic E-state index is 10.8. The van der Waals surface area contributed by atoms with Crippen molar-refractivity contribution >= 4 is 6.09 Å². The fraction of sp³-hybridized carbons (Fsp3) is 0.974. The van der Waals surface area contributed by atoms with Crippen molar-refractivity contribution in [2.45, 2.75) is 88.9 Å². The van der Waals surface area contributed by atoms with E-state index in [0.29, 0.717) is 22.8 Å². The average Bonchev–Trinajstić information content (AvgIpc) is 3.95. The maximum Gasteiger partial charge on any atom is 0.407 e. The number of hydrogen-bond donors (Lipinski definition) is 5. The molecule has 9 heterocycles. The van der Waals surface area contributed by atoms with Gasteiger partial charge in [0.1, 0.15) is 5.60 Å². The minimum Gasteiger partial charge on any atom is -0.441 e. The van der Waals surface area contributed by atoms with Crippen molar-refractivity contribution in [2.75, 3.05) is 132 Å². The summed E-state index contributed by atoms with van der Waals surface area (Å²) in [4.78, 5) is 18.1. The van der Waals surface area contributed by atoms with Gasteiger partial charge in [-0.15, -0.1) is 0 Å². The van der Waals surface area contributed by atoms with Crippen molar-refractivity contribution in [1.82, 2.24) is 41.3 Å². The first-order valence-electron chi connectivity index (χ1n) is 20.4. The molecule has 5 N–H and O–H groups in total. The molecule has 12 heteroatoms. The third kappa shape index (κ3) is 10.1. The molecule has 0 aromatic heterocycles. The van der Waals surface area contributed by atoms with Gasteiger partial charge >= 0.3 is 6.09 Å². The largest absolute Gasteiger partial charge is 0.441 e. The van der Waals surface area contributed by atoms with E-state index in [9.17, 15) is 4.79 Å². The Balaban J connectivity index is 0.000000108. The van der Waals surface area contributed by atoms with E-state index in [1.54, 1.807) is 0 Å². The van der Waals surface area contributed by atoms with Crippen molar-refractivity contribution in [3.8, 4) is 0 Å². The zero-order chi connectivity index (χ0) is 35.0. The number of likely N-dealkylation sites (tertiary alicyclic amines) is 3. The number of nitrogens with one attached hydrogen (secondary N) is 5. The Morgan fingerprint density at radius 2 is 1.14 bits per heavy atom. The van der Waals surface area contributed by atoms with Crippen LogP contribution in [0, 0.1) is 16.2 Å². The van der Waals surface area contributed by atoms with Crippen molar-refractivity contribution < 1.29 is 19.0 Å². The molecule has 1 amide bonds. The Labute approximate surface area is 303 Å². The number of carbonyl (C=O) groups excluding carboxylic acids is 1. The van der Waals surface area contributed by atoms with E-state index in [1.807, 2.05) is 0 Å². The van der Waals surface area contributed by atoms with E-state index in [0.717, 1.165) is 52.0 Å². The molecule has 288 valence electrons. The molecule has 9 aliphatic heterocycles. The quantitative estimate of drug-likeness (QED) is 0.277. The highest BCUT2D eigenvalue weighted by molar-refractivity contribution is 5.70. The van der Waals surface area contributed by atoms with Crippen LogP contribution in [0.25, 0.3) is 0 Å². The van der Waals surface area contributed by atoms with E-state index in [4.69, 9.17) is 14.2 Å². The summed E-state index contributed by atoms with van der Waals surface area (Å²) in [5.74, 6) is -0.127. The fourth-order valence-electron chi connectivity index (χ4n) is 10.2. The van der Waals surface area contributed by atoms with Gasteiger partial charge in [0.05, 0.1) is 19.8 Å². The Kier molecular flexibility index (Phi) is 13.4. The lowest BCUT2D eigenvalue weighted by molar-refractivity contribution is -0.176. The maximum atomic E-state index is 10.8. The average molecular weight is 705 g/mol.